The molecule has 8 heteroatoms. The normalized spacial score (nSPS) is 22.7. The van der Waals surface area contributed by atoms with E-state index in [2.05, 4.69) is 44.1 Å². The van der Waals surface area contributed by atoms with Crippen molar-refractivity contribution >= 4 is 11.7 Å². The third kappa shape index (κ3) is 4.61. The van der Waals surface area contributed by atoms with Crippen LogP contribution in [0.2, 0.25) is 0 Å². The van der Waals surface area contributed by atoms with Gasteiger partial charge in [-0.1, -0.05) is 0 Å². The smallest absolute Gasteiger partial charge is 0.289 e. The first kappa shape index (κ1) is 21.0. The highest BCUT2D eigenvalue weighted by Crippen LogP contribution is 2.25. The van der Waals surface area contributed by atoms with Crippen molar-refractivity contribution in [2.24, 2.45) is 0 Å². The highest BCUT2D eigenvalue weighted by atomic mass is 16.3. The third-order valence-electron chi connectivity index (χ3n) is 6.26. The quantitative estimate of drug-likeness (QED) is 0.754. The number of rotatable bonds is 5. The first-order chi connectivity index (χ1) is 13.2. The Balaban J connectivity index is 1.70. The van der Waals surface area contributed by atoms with Gasteiger partial charge in [-0.05, 0) is 54.3 Å². The van der Waals surface area contributed by atoms with Gasteiger partial charge in [-0.2, -0.15) is 0 Å². The number of hydrogen-bond donors (Lipinski definition) is 2. The minimum absolute atomic E-state index is 0.183. The molecule has 28 heavy (non-hydrogen) atoms. The van der Waals surface area contributed by atoms with Gasteiger partial charge in [0, 0.05) is 50.0 Å². The predicted molar refractivity (Wildman–Crippen MR) is 110 cm³/mol. The molecule has 0 radical (unpaired) electrons. The Labute approximate surface area is 167 Å². The van der Waals surface area contributed by atoms with Gasteiger partial charge in [0.2, 0.25) is 5.82 Å². The Morgan fingerprint density at radius 1 is 1.25 bits per heavy atom. The van der Waals surface area contributed by atoms with Crippen LogP contribution in [0.1, 0.15) is 41.1 Å². The molecule has 0 aliphatic carbocycles. The molecule has 0 spiro atoms. The molecule has 2 aliphatic heterocycles. The lowest BCUT2D eigenvalue weighted by molar-refractivity contribution is -0.0136. The van der Waals surface area contributed by atoms with Crippen LogP contribution < -0.4 is 10.2 Å². The van der Waals surface area contributed by atoms with E-state index < -0.39 is 5.60 Å². The molecular weight excluding hydrogens is 356 g/mol. The summed E-state index contributed by atoms with van der Waals surface area (Å²) in [5, 5.41) is 13.6. The second kappa shape index (κ2) is 8.31. The van der Waals surface area contributed by atoms with Crippen molar-refractivity contribution in [2.45, 2.75) is 44.8 Å². The standard InChI is InChI=1S/C20H34N6O2/c1-14-15(2)22-17(23-18(14)26-9-6-16(12-26)24(3)4)19(27)21-13-20(28)7-10-25(5)11-8-20/h16,28H,6-13H2,1-5H3,(H,21,27)/t16-/m1/s1. The van der Waals surface area contributed by atoms with E-state index in [0.29, 0.717) is 18.9 Å². The van der Waals surface area contributed by atoms with Crippen molar-refractivity contribution in [2.75, 3.05) is 58.8 Å². The number of piperidine rings is 1. The fourth-order valence-electron chi connectivity index (χ4n) is 3.91. The van der Waals surface area contributed by atoms with Crippen LogP contribution >= 0.6 is 0 Å². The van der Waals surface area contributed by atoms with Gasteiger partial charge in [0.25, 0.3) is 5.91 Å². The first-order valence-electron chi connectivity index (χ1n) is 10.1. The van der Waals surface area contributed by atoms with Crippen molar-refractivity contribution in [1.82, 2.24) is 25.1 Å². The zero-order valence-electron chi connectivity index (χ0n) is 17.8. The average molecular weight is 391 g/mol. The molecule has 3 heterocycles. The summed E-state index contributed by atoms with van der Waals surface area (Å²) in [7, 11) is 6.24. The van der Waals surface area contributed by atoms with E-state index in [1.54, 1.807) is 0 Å². The Kier molecular flexibility index (Phi) is 6.21. The van der Waals surface area contributed by atoms with E-state index in [0.717, 1.165) is 49.7 Å². The molecule has 156 valence electrons. The highest BCUT2D eigenvalue weighted by molar-refractivity contribution is 5.91. The van der Waals surface area contributed by atoms with Crippen molar-refractivity contribution in [3.63, 3.8) is 0 Å². The minimum atomic E-state index is -0.849. The zero-order valence-corrected chi connectivity index (χ0v) is 17.8. The summed E-state index contributed by atoms with van der Waals surface area (Å²) < 4.78 is 0. The number of nitrogens with one attached hydrogen (secondary N) is 1. The zero-order chi connectivity index (χ0) is 20.5. The summed E-state index contributed by atoms with van der Waals surface area (Å²) in [6.07, 6.45) is 2.39. The monoisotopic (exact) mass is 390 g/mol. The lowest BCUT2D eigenvalue weighted by atomic mass is 9.91. The fourth-order valence-corrected chi connectivity index (χ4v) is 3.91. The SMILES string of the molecule is Cc1nc(C(=O)NCC2(O)CCN(C)CC2)nc(N2CC[C@@H](N(C)C)C2)c1C. The van der Waals surface area contributed by atoms with Gasteiger partial charge in [-0.3, -0.25) is 4.79 Å². The van der Waals surface area contributed by atoms with Crippen LogP contribution in [0.15, 0.2) is 0 Å². The van der Waals surface area contributed by atoms with Gasteiger partial charge in [0.1, 0.15) is 5.82 Å². The Morgan fingerprint density at radius 3 is 2.54 bits per heavy atom. The van der Waals surface area contributed by atoms with Crippen LogP contribution in [0.4, 0.5) is 5.82 Å². The van der Waals surface area contributed by atoms with Gasteiger partial charge in [0.15, 0.2) is 0 Å². The molecule has 2 fully saturated rings. The molecule has 2 aliphatic rings. The van der Waals surface area contributed by atoms with E-state index in [4.69, 9.17) is 0 Å². The number of carbonyl (C=O) groups excluding carboxylic acids is 1. The van der Waals surface area contributed by atoms with Crippen LogP contribution in [0.5, 0.6) is 0 Å². The topological polar surface area (TPSA) is 84.8 Å². The maximum atomic E-state index is 12.7. The van der Waals surface area contributed by atoms with Crippen LogP contribution in [0.25, 0.3) is 0 Å². The molecular formula is C20H34N6O2. The summed E-state index contributed by atoms with van der Waals surface area (Å²) in [5.74, 6) is 0.711. The van der Waals surface area contributed by atoms with Gasteiger partial charge in [-0.15, -0.1) is 0 Å². The number of carbonyl (C=O) groups is 1. The van der Waals surface area contributed by atoms with E-state index in [-0.39, 0.29) is 18.3 Å². The van der Waals surface area contributed by atoms with E-state index in [1.165, 1.54) is 0 Å². The summed E-state index contributed by atoms with van der Waals surface area (Å²) >= 11 is 0. The van der Waals surface area contributed by atoms with E-state index in [1.807, 2.05) is 20.9 Å². The summed E-state index contributed by atoms with van der Waals surface area (Å²) in [5.41, 5.74) is 0.991. The highest BCUT2D eigenvalue weighted by Gasteiger charge is 2.32. The summed E-state index contributed by atoms with van der Waals surface area (Å²) in [6, 6.07) is 0.491. The number of aliphatic hydroxyl groups is 1. The molecule has 0 unspecified atom stereocenters. The molecule has 1 atom stereocenters. The number of amides is 1. The van der Waals surface area contributed by atoms with Crippen LogP contribution in [-0.2, 0) is 0 Å². The third-order valence-corrected chi connectivity index (χ3v) is 6.26. The van der Waals surface area contributed by atoms with Crippen molar-refractivity contribution in [3.05, 3.63) is 17.1 Å². The van der Waals surface area contributed by atoms with Crippen LogP contribution in [0.3, 0.4) is 0 Å². The second-order valence-electron chi connectivity index (χ2n) is 8.64. The van der Waals surface area contributed by atoms with E-state index in [9.17, 15) is 9.90 Å². The Morgan fingerprint density at radius 2 is 1.93 bits per heavy atom. The van der Waals surface area contributed by atoms with Crippen molar-refractivity contribution in [1.29, 1.82) is 0 Å². The maximum Gasteiger partial charge on any atom is 0.289 e. The van der Waals surface area contributed by atoms with E-state index >= 15 is 0 Å². The lowest BCUT2D eigenvalue weighted by Crippen LogP contribution is -2.50. The molecule has 0 bridgehead atoms. The second-order valence-corrected chi connectivity index (χ2v) is 8.64. The fraction of sp³-hybridized carbons (Fsp3) is 0.750. The minimum Gasteiger partial charge on any atom is -0.388 e. The predicted octanol–water partition coefficient (Wildman–Crippen LogP) is 0.420. The number of likely N-dealkylation sites (tertiary alicyclic amines) is 1. The number of hydrogen-bond acceptors (Lipinski definition) is 7. The van der Waals surface area contributed by atoms with Crippen molar-refractivity contribution in [3.8, 4) is 0 Å². The lowest BCUT2D eigenvalue weighted by Gasteiger charge is -2.36. The number of aryl methyl sites for hydroxylation is 1. The molecule has 1 aromatic heterocycles. The maximum absolute atomic E-state index is 12.7. The Hall–Kier alpha value is -1.77. The van der Waals surface area contributed by atoms with Crippen LogP contribution in [-0.4, -0.2) is 96.3 Å². The molecule has 0 saturated carbocycles. The summed E-state index contributed by atoms with van der Waals surface area (Å²) in [6.45, 7) is 7.65. The molecule has 0 aromatic carbocycles. The molecule has 1 amide bonds. The Bertz CT molecular complexity index is 715. The molecule has 2 N–H and O–H groups in total. The van der Waals surface area contributed by atoms with Gasteiger partial charge in [-0.25, -0.2) is 9.97 Å². The number of nitrogens with zero attached hydrogens (tertiary/aromatic N) is 5. The number of aromatic nitrogens is 2. The number of likely N-dealkylation sites (N-methyl/N-ethyl adjacent to an activating group) is 1. The van der Waals surface area contributed by atoms with Gasteiger partial charge < -0.3 is 25.1 Å². The van der Waals surface area contributed by atoms with Gasteiger partial charge >= 0.3 is 0 Å². The average Bonchev–Trinajstić information content (AvgIpc) is 3.15. The number of anilines is 1. The first-order valence-corrected chi connectivity index (χ1v) is 10.1. The van der Waals surface area contributed by atoms with Crippen LogP contribution in [0, 0.1) is 13.8 Å². The molecule has 1 aromatic rings. The van der Waals surface area contributed by atoms with Crippen molar-refractivity contribution < 1.29 is 9.90 Å². The molecule has 2 saturated heterocycles. The largest absolute Gasteiger partial charge is 0.388 e. The van der Waals surface area contributed by atoms with Gasteiger partial charge in [0.05, 0.1) is 5.60 Å². The summed E-state index contributed by atoms with van der Waals surface area (Å²) in [4.78, 5) is 28.4. The molecule has 3 rings (SSSR count). The molecule has 8 nitrogen and oxygen atoms in total.